The molecule has 0 bridgehead atoms. The van der Waals surface area contributed by atoms with Crippen LogP contribution in [0.3, 0.4) is 0 Å². The number of hydrogen-bond acceptors (Lipinski definition) is 1. The van der Waals surface area contributed by atoms with Gasteiger partial charge in [-0.05, 0) is 99.7 Å². The summed E-state index contributed by atoms with van der Waals surface area (Å²) in [5, 5.41) is 1.58. The van der Waals surface area contributed by atoms with Gasteiger partial charge in [0.25, 0.3) is 0 Å². The van der Waals surface area contributed by atoms with E-state index in [9.17, 15) is 2.74 Å². The van der Waals surface area contributed by atoms with Crippen molar-refractivity contribution in [1.29, 1.82) is 0 Å². The molecule has 2 nitrogen and oxygen atoms in total. The van der Waals surface area contributed by atoms with Crippen LogP contribution in [-0.2, 0) is 0 Å². The van der Waals surface area contributed by atoms with Gasteiger partial charge in [0.15, 0.2) is 0 Å². The van der Waals surface area contributed by atoms with Crippen molar-refractivity contribution < 1.29 is 15.1 Å². The average molecular weight is 624 g/mol. The highest BCUT2D eigenvalue weighted by atomic mass is 15.1. The zero-order chi connectivity index (χ0) is 41.4. The third-order valence-corrected chi connectivity index (χ3v) is 8.55. The molecule has 9 aromatic rings. The highest BCUT2D eigenvalue weighted by Crippen LogP contribution is 2.44. The van der Waals surface area contributed by atoms with Crippen molar-refractivity contribution in [3.63, 3.8) is 0 Å². The van der Waals surface area contributed by atoms with Crippen LogP contribution >= 0.6 is 0 Å². The highest BCUT2D eigenvalue weighted by molar-refractivity contribution is 6.16. The van der Waals surface area contributed by atoms with Gasteiger partial charge in [-0.1, -0.05) is 127 Å². The second kappa shape index (κ2) is 11.8. The second-order valence-corrected chi connectivity index (χ2v) is 11.3. The van der Waals surface area contributed by atoms with Gasteiger partial charge in [-0.2, -0.15) is 0 Å². The van der Waals surface area contributed by atoms with Crippen molar-refractivity contribution >= 4 is 49.6 Å². The molecule has 0 fully saturated rings. The number of para-hydroxylation sites is 3. The van der Waals surface area contributed by atoms with E-state index in [-0.39, 0.29) is 33.5 Å². The molecule has 0 aliphatic rings. The first-order valence-electron chi connectivity index (χ1n) is 21.1. The highest BCUT2D eigenvalue weighted by Gasteiger charge is 2.21. The first kappa shape index (κ1) is 18.7. The molecule has 0 aliphatic carbocycles. The summed E-state index contributed by atoms with van der Waals surface area (Å²) in [6.45, 7) is 0. The van der Waals surface area contributed by atoms with Crippen LogP contribution in [-0.4, -0.2) is 4.57 Å². The molecule has 0 N–H and O–H groups in total. The lowest BCUT2D eigenvalue weighted by molar-refractivity contribution is 1.18. The summed E-state index contributed by atoms with van der Waals surface area (Å²) in [5.41, 5.74) is 5.34. The average Bonchev–Trinajstić information content (AvgIpc) is 3.60. The number of fused-ring (bicyclic) bond motifs is 4. The fourth-order valence-electron chi connectivity index (χ4n) is 6.48. The minimum atomic E-state index is -0.635. The van der Waals surface area contributed by atoms with Gasteiger partial charge in [0.1, 0.15) is 0 Å². The summed E-state index contributed by atoms with van der Waals surface area (Å²) in [6.07, 6.45) is 0. The van der Waals surface area contributed by atoms with Gasteiger partial charge in [-0.3, -0.25) is 0 Å². The number of hydrogen-bond donors (Lipinski definition) is 0. The maximum absolute atomic E-state index is 9.51. The van der Waals surface area contributed by atoms with Gasteiger partial charge in [0, 0.05) is 27.8 Å². The Labute approximate surface area is 295 Å². The molecule has 2 heteroatoms. The molecule has 0 radical (unpaired) electrons. The van der Waals surface area contributed by atoms with E-state index in [1.54, 1.807) is 12.1 Å². The van der Waals surface area contributed by atoms with E-state index in [1.165, 1.54) is 0 Å². The van der Waals surface area contributed by atoms with Crippen LogP contribution < -0.4 is 4.90 Å². The summed E-state index contributed by atoms with van der Waals surface area (Å²) in [6, 6.07) is 35.4. The fourth-order valence-corrected chi connectivity index (χ4v) is 6.48. The van der Waals surface area contributed by atoms with Gasteiger partial charge in [0.05, 0.1) is 31.8 Å². The Kier molecular flexibility index (Phi) is 4.58. The fraction of sp³-hybridized carbons (Fsp3) is 0. The Balaban J connectivity index is 1.32. The number of aromatic nitrogens is 1. The van der Waals surface area contributed by atoms with Crippen LogP contribution in [0.5, 0.6) is 0 Å². The maximum Gasteiger partial charge on any atom is 0.0636 e. The molecule has 0 atom stereocenters. The monoisotopic (exact) mass is 623 g/mol. The second-order valence-electron chi connectivity index (χ2n) is 11.3. The predicted molar refractivity (Wildman–Crippen MR) is 204 cm³/mol. The smallest absolute Gasteiger partial charge is 0.0636 e. The zero-order valence-corrected chi connectivity index (χ0v) is 25.5. The Morgan fingerprint density at radius 2 is 1.04 bits per heavy atom. The first-order chi connectivity index (χ1) is 28.4. The van der Waals surface area contributed by atoms with Gasteiger partial charge >= 0.3 is 0 Å². The van der Waals surface area contributed by atoms with Gasteiger partial charge in [-0.15, -0.1) is 0 Å². The van der Waals surface area contributed by atoms with Crippen molar-refractivity contribution in [2.75, 3.05) is 4.90 Å². The lowest BCUT2D eigenvalue weighted by Crippen LogP contribution is -2.10. The van der Waals surface area contributed by atoms with Crippen molar-refractivity contribution in [1.82, 2.24) is 4.57 Å². The van der Waals surface area contributed by atoms with E-state index < -0.39 is 60.4 Å². The topological polar surface area (TPSA) is 8.17 Å². The Hall–Kier alpha value is -6.38. The molecule has 0 spiro atoms. The Morgan fingerprint density at radius 1 is 0.458 bits per heavy atom. The third-order valence-electron chi connectivity index (χ3n) is 8.55. The summed E-state index contributed by atoms with van der Waals surface area (Å²) >= 11 is 0. The maximum atomic E-state index is 9.51. The van der Waals surface area contributed by atoms with E-state index in [0.717, 1.165) is 44.6 Å². The lowest BCUT2D eigenvalue weighted by atomic mass is 9.91. The molecular weight excluding hydrogens is 581 g/mol. The number of anilines is 3. The molecule has 48 heavy (non-hydrogen) atoms. The number of benzene rings is 8. The standard InChI is InChI=1S/C46H32N2/c1-4-15-33(16-5-1)41-31-35-17-10-11-18-36(35)32-42(41)34-27-29-39(30-28-34)47(37-19-6-2-7-20-37)44-25-14-26-45-46(44)40-23-12-13-24-43(40)48(45)38-21-8-3-9-22-38/h1-32H/i1D,4D,5D,10D,11D,15D,16D,17D,18D,31D,32D. The van der Waals surface area contributed by atoms with Crippen molar-refractivity contribution in [2.24, 2.45) is 0 Å². The largest absolute Gasteiger partial charge is 0.310 e. The molecule has 0 saturated heterocycles. The predicted octanol–water partition coefficient (Wildman–Crippen LogP) is 12.7. The van der Waals surface area contributed by atoms with E-state index in [1.807, 2.05) is 78.9 Å². The SMILES string of the molecule is [2H]c1c([2H])c([2H])c(-c2c(-c3ccc(N(c4ccccc4)c4cccc5c4c4ccccc4n5-c4ccccc4)cc3)c([2H])c3c([2H])c([2H])c([2H])c([2H])c3c2[2H])c([2H])c1[2H]. The van der Waals surface area contributed by atoms with Crippen LogP contribution in [0.15, 0.2) is 194 Å². The molecule has 226 valence electrons. The number of nitrogens with zero attached hydrogens (tertiary/aromatic N) is 2. The van der Waals surface area contributed by atoms with E-state index in [4.69, 9.17) is 12.3 Å². The molecular formula is C46H32N2. The van der Waals surface area contributed by atoms with Crippen LogP contribution in [0.1, 0.15) is 15.1 Å². The lowest BCUT2D eigenvalue weighted by Gasteiger charge is -2.27. The van der Waals surface area contributed by atoms with E-state index in [0.29, 0.717) is 5.56 Å². The van der Waals surface area contributed by atoms with Crippen molar-refractivity contribution in [3.05, 3.63) is 194 Å². The summed E-state index contributed by atoms with van der Waals surface area (Å²) in [5.74, 6) is 0. The summed E-state index contributed by atoms with van der Waals surface area (Å²) in [7, 11) is 0. The van der Waals surface area contributed by atoms with Crippen LogP contribution in [0.25, 0.3) is 60.5 Å². The van der Waals surface area contributed by atoms with E-state index in [2.05, 4.69) is 45.9 Å². The van der Waals surface area contributed by atoms with Gasteiger partial charge in [-0.25, -0.2) is 0 Å². The van der Waals surface area contributed by atoms with Gasteiger partial charge in [0.2, 0.25) is 0 Å². The quantitative estimate of drug-likeness (QED) is 0.179. The molecule has 0 amide bonds. The van der Waals surface area contributed by atoms with Crippen LogP contribution in [0, 0.1) is 0 Å². The molecule has 1 aromatic heterocycles. The van der Waals surface area contributed by atoms with E-state index >= 15 is 0 Å². The molecule has 9 rings (SSSR count). The van der Waals surface area contributed by atoms with Crippen LogP contribution in [0.2, 0.25) is 0 Å². The normalized spacial score (nSPS) is 14.5. The first-order valence-corrected chi connectivity index (χ1v) is 15.6. The van der Waals surface area contributed by atoms with Crippen molar-refractivity contribution in [2.45, 2.75) is 0 Å². The summed E-state index contributed by atoms with van der Waals surface area (Å²) in [4.78, 5) is 2.12. The Bertz CT molecular complexity index is 3140. The minimum Gasteiger partial charge on any atom is -0.310 e. The zero-order valence-electron chi connectivity index (χ0n) is 36.5. The molecule has 0 unspecified atom stereocenters. The molecule has 0 aliphatic heterocycles. The molecule has 1 heterocycles. The molecule has 0 saturated carbocycles. The van der Waals surface area contributed by atoms with Crippen molar-refractivity contribution in [3.8, 4) is 27.9 Å². The molecule has 8 aromatic carbocycles. The minimum absolute atomic E-state index is 0.00287. The number of rotatable bonds is 6. The van der Waals surface area contributed by atoms with Gasteiger partial charge < -0.3 is 9.47 Å². The summed E-state index contributed by atoms with van der Waals surface area (Å²) < 4.78 is 98.2. The Morgan fingerprint density at radius 3 is 1.77 bits per heavy atom. The third kappa shape index (κ3) is 4.74. The van der Waals surface area contributed by atoms with Crippen LogP contribution in [0.4, 0.5) is 17.1 Å².